The summed E-state index contributed by atoms with van der Waals surface area (Å²) < 4.78 is 5.71. The van der Waals surface area contributed by atoms with Crippen LogP contribution in [0.1, 0.15) is 55.4 Å². The van der Waals surface area contributed by atoms with E-state index >= 15 is 0 Å². The van der Waals surface area contributed by atoms with Gasteiger partial charge in [0.1, 0.15) is 0 Å². The topological polar surface area (TPSA) is 104 Å². The van der Waals surface area contributed by atoms with E-state index in [0.29, 0.717) is 51.0 Å². The van der Waals surface area contributed by atoms with E-state index in [1.54, 1.807) is 12.4 Å². The lowest BCUT2D eigenvalue weighted by molar-refractivity contribution is -0.132. The number of anilines is 1. The molecule has 4 aliphatic rings. The SMILES string of the molecule is CC(C)Oc1ccc(C2=NCc3ccc(N4CC[C@]5(CCN(CC(=O)N6CC=C(c7ccc(-c8ncccn8)cc7)CC6)C5)C4=O)cc32)cn1. The van der Waals surface area contributed by atoms with Crippen molar-refractivity contribution in [3.8, 4) is 17.3 Å². The first-order valence-corrected chi connectivity index (χ1v) is 17.5. The van der Waals surface area contributed by atoms with Crippen LogP contribution in [0.5, 0.6) is 5.88 Å². The van der Waals surface area contributed by atoms with E-state index in [1.165, 1.54) is 5.57 Å². The van der Waals surface area contributed by atoms with Crippen molar-refractivity contribution >= 4 is 28.8 Å². The predicted octanol–water partition coefficient (Wildman–Crippen LogP) is 5.42. The molecule has 10 heteroatoms. The van der Waals surface area contributed by atoms with E-state index in [4.69, 9.17) is 9.73 Å². The zero-order valence-corrected chi connectivity index (χ0v) is 28.6. The predicted molar refractivity (Wildman–Crippen MR) is 193 cm³/mol. The Morgan fingerprint density at radius 1 is 0.920 bits per heavy atom. The number of ether oxygens (including phenoxy) is 1. The fourth-order valence-corrected chi connectivity index (χ4v) is 7.69. The molecule has 4 aliphatic heterocycles. The van der Waals surface area contributed by atoms with Crippen molar-refractivity contribution in [2.24, 2.45) is 10.4 Å². The van der Waals surface area contributed by atoms with Crippen LogP contribution in [0.2, 0.25) is 0 Å². The van der Waals surface area contributed by atoms with Crippen molar-refractivity contribution in [1.29, 1.82) is 0 Å². The number of aromatic nitrogens is 3. The lowest BCUT2D eigenvalue weighted by atomic mass is 9.85. The summed E-state index contributed by atoms with van der Waals surface area (Å²) in [5, 5.41) is 0. The normalized spacial score (nSPS) is 20.4. The lowest BCUT2D eigenvalue weighted by Crippen LogP contribution is -2.43. The maximum Gasteiger partial charge on any atom is 0.237 e. The molecule has 4 aromatic rings. The van der Waals surface area contributed by atoms with Crippen molar-refractivity contribution in [3.63, 3.8) is 0 Å². The Kier molecular flexibility index (Phi) is 8.48. The van der Waals surface area contributed by atoms with Crippen LogP contribution < -0.4 is 9.64 Å². The summed E-state index contributed by atoms with van der Waals surface area (Å²) in [5.74, 6) is 1.59. The number of aliphatic imine (C=N–C) groups is 1. The second-order valence-electron chi connectivity index (χ2n) is 14.0. The molecule has 2 fully saturated rings. The minimum absolute atomic E-state index is 0.0578. The number of benzene rings is 2. The highest BCUT2D eigenvalue weighted by atomic mass is 16.5. The summed E-state index contributed by atoms with van der Waals surface area (Å²) >= 11 is 0. The average Bonchev–Trinajstić information content (AvgIpc) is 3.85. The van der Waals surface area contributed by atoms with E-state index < -0.39 is 5.41 Å². The third-order valence-corrected chi connectivity index (χ3v) is 10.4. The van der Waals surface area contributed by atoms with Crippen molar-refractivity contribution in [3.05, 3.63) is 108 Å². The van der Waals surface area contributed by atoms with Crippen LogP contribution in [-0.4, -0.2) is 87.7 Å². The third kappa shape index (κ3) is 6.20. The van der Waals surface area contributed by atoms with Gasteiger partial charge in [0.15, 0.2) is 5.82 Å². The molecule has 2 aromatic carbocycles. The van der Waals surface area contributed by atoms with E-state index in [1.807, 2.05) is 54.1 Å². The Hall–Kier alpha value is -5.22. The van der Waals surface area contributed by atoms with Crippen LogP contribution in [0, 0.1) is 5.41 Å². The zero-order valence-electron chi connectivity index (χ0n) is 28.6. The van der Waals surface area contributed by atoms with Gasteiger partial charge in [-0.05, 0) is 80.6 Å². The zero-order chi connectivity index (χ0) is 34.2. The van der Waals surface area contributed by atoms with E-state index in [9.17, 15) is 9.59 Å². The first-order chi connectivity index (χ1) is 24.3. The van der Waals surface area contributed by atoms with Gasteiger partial charge in [-0.1, -0.05) is 36.4 Å². The first kappa shape index (κ1) is 32.0. The van der Waals surface area contributed by atoms with Gasteiger partial charge in [0.05, 0.1) is 30.3 Å². The van der Waals surface area contributed by atoms with E-state index in [-0.39, 0.29) is 17.9 Å². The van der Waals surface area contributed by atoms with Crippen LogP contribution in [0.3, 0.4) is 0 Å². The summed E-state index contributed by atoms with van der Waals surface area (Å²) in [5.41, 5.74) is 7.89. The molecule has 1 atom stereocenters. The number of hydrogen-bond donors (Lipinski definition) is 0. The molecule has 1 spiro atoms. The molecule has 2 aromatic heterocycles. The molecule has 0 radical (unpaired) electrons. The summed E-state index contributed by atoms with van der Waals surface area (Å²) in [6, 6.07) is 20.3. The van der Waals surface area contributed by atoms with Crippen LogP contribution in [0.25, 0.3) is 17.0 Å². The minimum Gasteiger partial charge on any atom is -0.475 e. The number of amides is 2. The van der Waals surface area contributed by atoms with E-state index in [0.717, 1.165) is 65.0 Å². The summed E-state index contributed by atoms with van der Waals surface area (Å²) in [6.45, 7) is 8.25. The van der Waals surface area contributed by atoms with Crippen LogP contribution in [0.15, 0.2) is 90.3 Å². The number of carbonyl (C=O) groups excluding carboxylic acids is 2. The van der Waals surface area contributed by atoms with Crippen molar-refractivity contribution in [1.82, 2.24) is 24.8 Å². The number of fused-ring (bicyclic) bond motifs is 1. The molecule has 8 rings (SSSR count). The molecule has 10 nitrogen and oxygen atoms in total. The van der Waals surface area contributed by atoms with Gasteiger partial charge in [0.25, 0.3) is 0 Å². The summed E-state index contributed by atoms with van der Waals surface area (Å²) in [6.07, 6.45) is 9.91. The molecule has 2 saturated heterocycles. The number of rotatable bonds is 8. The van der Waals surface area contributed by atoms with Crippen LogP contribution >= 0.6 is 0 Å². The Labute approximate surface area is 292 Å². The molecular weight excluding hydrogens is 626 g/mol. The molecule has 254 valence electrons. The number of nitrogens with zero attached hydrogens (tertiary/aromatic N) is 7. The van der Waals surface area contributed by atoms with Gasteiger partial charge in [-0.2, -0.15) is 0 Å². The van der Waals surface area contributed by atoms with Crippen LogP contribution in [0.4, 0.5) is 5.69 Å². The molecule has 0 unspecified atom stereocenters. The second-order valence-corrected chi connectivity index (χ2v) is 14.0. The number of pyridine rings is 1. The molecular formula is C40H41N7O3. The molecule has 0 saturated carbocycles. The van der Waals surface area contributed by atoms with Crippen molar-refractivity contribution < 1.29 is 14.3 Å². The smallest absolute Gasteiger partial charge is 0.237 e. The quantitative estimate of drug-likeness (QED) is 0.247. The largest absolute Gasteiger partial charge is 0.475 e. The monoisotopic (exact) mass is 667 g/mol. The van der Waals surface area contributed by atoms with Gasteiger partial charge in [0.2, 0.25) is 17.7 Å². The van der Waals surface area contributed by atoms with E-state index in [2.05, 4.69) is 62.3 Å². The van der Waals surface area contributed by atoms with Gasteiger partial charge >= 0.3 is 0 Å². The standard InChI is InChI=1S/C40H41N7O3/c1-27(2)50-35-11-9-32(24-43-35)37-34-22-33(10-8-31(34)23-44-37)47-21-15-40(39(47)49)14-20-45(26-40)25-36(48)46-18-12-29(13-19-46)28-4-6-30(7-5-28)38-41-16-3-17-42-38/h3-12,16-17,22,24,27H,13-15,18-21,23,25-26H2,1-2H3/t40-/m0/s1. The number of carbonyl (C=O) groups is 2. The lowest BCUT2D eigenvalue weighted by Gasteiger charge is -2.29. The number of hydrogen-bond acceptors (Lipinski definition) is 8. The highest BCUT2D eigenvalue weighted by molar-refractivity contribution is 6.16. The Morgan fingerprint density at radius 2 is 1.70 bits per heavy atom. The molecule has 50 heavy (non-hydrogen) atoms. The third-order valence-electron chi connectivity index (χ3n) is 10.4. The first-order valence-electron chi connectivity index (χ1n) is 17.5. The summed E-state index contributed by atoms with van der Waals surface area (Å²) in [7, 11) is 0. The Morgan fingerprint density at radius 3 is 2.44 bits per heavy atom. The van der Waals surface area contributed by atoms with Crippen molar-refractivity contribution in [2.75, 3.05) is 44.2 Å². The van der Waals surface area contributed by atoms with Gasteiger partial charge in [-0.3, -0.25) is 19.5 Å². The second kappa shape index (κ2) is 13.2. The van der Waals surface area contributed by atoms with Crippen molar-refractivity contribution in [2.45, 2.75) is 45.8 Å². The fourth-order valence-electron chi connectivity index (χ4n) is 7.69. The maximum absolute atomic E-state index is 14.0. The van der Waals surface area contributed by atoms with Gasteiger partial charge in [0, 0.05) is 73.2 Å². The number of likely N-dealkylation sites (tertiary alicyclic amines) is 1. The maximum atomic E-state index is 14.0. The van der Waals surface area contributed by atoms with Gasteiger partial charge in [-0.15, -0.1) is 0 Å². The van der Waals surface area contributed by atoms with Gasteiger partial charge < -0.3 is 14.5 Å². The molecule has 0 bridgehead atoms. The Balaban J connectivity index is 0.877. The molecule has 2 amide bonds. The molecule has 0 N–H and O–H groups in total. The highest BCUT2D eigenvalue weighted by Gasteiger charge is 2.51. The van der Waals surface area contributed by atoms with Crippen LogP contribution in [-0.2, 0) is 16.1 Å². The highest BCUT2D eigenvalue weighted by Crippen LogP contribution is 2.43. The fraction of sp³-hybridized carbons (Fsp3) is 0.350. The molecule has 6 heterocycles. The minimum atomic E-state index is -0.446. The Bertz CT molecular complexity index is 1970. The molecule has 0 aliphatic carbocycles. The van der Waals surface area contributed by atoms with Gasteiger partial charge in [-0.25, -0.2) is 15.0 Å². The summed E-state index contributed by atoms with van der Waals surface area (Å²) in [4.78, 5) is 51.5. The average molecular weight is 668 g/mol.